The van der Waals surface area contributed by atoms with Gasteiger partial charge in [0.05, 0.1) is 16.9 Å². The van der Waals surface area contributed by atoms with E-state index in [2.05, 4.69) is 34.0 Å². The van der Waals surface area contributed by atoms with Crippen molar-refractivity contribution in [3.05, 3.63) is 76.5 Å². The summed E-state index contributed by atoms with van der Waals surface area (Å²) in [6.07, 6.45) is 6.75. The Morgan fingerprint density at radius 2 is 2.03 bits per heavy atom. The minimum absolute atomic E-state index is 0.0572. The monoisotopic (exact) mass is 402 g/mol. The number of nitrogens with one attached hydrogen (secondary N) is 1. The Balaban J connectivity index is 1.56. The number of hydrogen-bond donors (Lipinski definition) is 1. The number of pyridine rings is 2. The second-order valence-corrected chi connectivity index (χ2v) is 8.20. The van der Waals surface area contributed by atoms with Gasteiger partial charge >= 0.3 is 0 Å². The second-order valence-electron chi connectivity index (χ2n) is 7.32. The molecule has 0 spiro atoms. The van der Waals surface area contributed by atoms with Crippen LogP contribution in [0.25, 0.3) is 27.8 Å². The van der Waals surface area contributed by atoms with Gasteiger partial charge in [-0.25, -0.2) is 0 Å². The van der Waals surface area contributed by atoms with E-state index >= 15 is 0 Å². The maximum absolute atomic E-state index is 12.9. The van der Waals surface area contributed by atoms with Gasteiger partial charge in [-0.1, -0.05) is 6.07 Å². The molecule has 1 aromatic carbocycles. The second kappa shape index (κ2) is 7.21. The van der Waals surface area contributed by atoms with Crippen molar-refractivity contribution in [1.29, 1.82) is 0 Å². The van der Waals surface area contributed by atoms with Gasteiger partial charge in [0.2, 0.25) is 0 Å². The van der Waals surface area contributed by atoms with Crippen LogP contribution in [-0.4, -0.2) is 26.9 Å². The number of thioether (sulfide) groups is 1. The van der Waals surface area contributed by atoms with E-state index in [9.17, 15) is 4.79 Å². The third kappa shape index (κ3) is 3.09. The van der Waals surface area contributed by atoms with E-state index in [1.165, 1.54) is 22.2 Å². The Hall–Kier alpha value is -2.83. The largest absolute Gasteiger partial charge is 0.346 e. The van der Waals surface area contributed by atoms with Crippen LogP contribution in [0.2, 0.25) is 0 Å². The number of rotatable bonds is 3. The van der Waals surface area contributed by atoms with E-state index < -0.39 is 0 Å². The average Bonchev–Trinajstić information content (AvgIpc) is 3.06. The molecule has 3 aromatic heterocycles. The first kappa shape index (κ1) is 18.2. The first-order chi connectivity index (χ1) is 14.2. The zero-order valence-corrected chi connectivity index (χ0v) is 17.3. The van der Waals surface area contributed by atoms with Crippen molar-refractivity contribution in [2.45, 2.75) is 17.9 Å². The highest BCUT2D eigenvalue weighted by atomic mass is 32.2. The van der Waals surface area contributed by atoms with Crippen molar-refractivity contribution in [2.75, 3.05) is 12.8 Å². The molecule has 146 valence electrons. The van der Waals surface area contributed by atoms with E-state index in [0.717, 1.165) is 41.4 Å². The molecule has 5 rings (SSSR count). The van der Waals surface area contributed by atoms with E-state index in [4.69, 9.17) is 0 Å². The van der Waals surface area contributed by atoms with E-state index in [1.807, 2.05) is 42.9 Å². The lowest BCUT2D eigenvalue weighted by atomic mass is 10.0. The normalized spacial score (nSPS) is 13.6. The molecule has 0 fully saturated rings. The molecule has 0 saturated carbocycles. The van der Waals surface area contributed by atoms with Gasteiger partial charge < -0.3 is 9.88 Å². The van der Waals surface area contributed by atoms with Crippen LogP contribution in [0.4, 0.5) is 0 Å². The van der Waals surface area contributed by atoms with E-state index in [0.29, 0.717) is 0 Å². The molecule has 0 saturated heterocycles. The van der Waals surface area contributed by atoms with Gasteiger partial charge in [0.25, 0.3) is 5.56 Å². The Morgan fingerprint density at radius 3 is 2.79 bits per heavy atom. The molecule has 1 aliphatic heterocycles. The highest BCUT2D eigenvalue weighted by molar-refractivity contribution is 7.98. The molecule has 0 bridgehead atoms. The zero-order chi connectivity index (χ0) is 20.0. The van der Waals surface area contributed by atoms with Crippen molar-refractivity contribution in [2.24, 2.45) is 7.05 Å². The lowest BCUT2D eigenvalue weighted by Crippen LogP contribution is -2.24. The fraction of sp³-hybridized carbons (Fsp3) is 0.217. The summed E-state index contributed by atoms with van der Waals surface area (Å²) >= 11 is 1.65. The molecular weight excluding hydrogens is 380 g/mol. The Morgan fingerprint density at radius 1 is 1.14 bits per heavy atom. The number of aryl methyl sites for hydroxylation is 1. The van der Waals surface area contributed by atoms with Crippen molar-refractivity contribution < 1.29 is 0 Å². The number of benzene rings is 1. The predicted molar refractivity (Wildman–Crippen MR) is 119 cm³/mol. The average molecular weight is 403 g/mol. The number of hydrogen-bond acceptors (Lipinski definition) is 4. The molecule has 1 N–H and O–H groups in total. The number of fused-ring (bicyclic) bond motifs is 3. The molecule has 0 aliphatic carbocycles. The summed E-state index contributed by atoms with van der Waals surface area (Å²) in [5.41, 5.74) is 6.40. The summed E-state index contributed by atoms with van der Waals surface area (Å²) in [6, 6.07) is 13.9. The van der Waals surface area contributed by atoms with Crippen LogP contribution in [0, 0.1) is 0 Å². The summed E-state index contributed by atoms with van der Waals surface area (Å²) in [5, 5.41) is 4.73. The van der Waals surface area contributed by atoms with Gasteiger partial charge in [-0.3, -0.25) is 14.3 Å². The smallest absolute Gasteiger partial charge is 0.255 e. The van der Waals surface area contributed by atoms with Crippen LogP contribution in [0.5, 0.6) is 0 Å². The summed E-state index contributed by atoms with van der Waals surface area (Å²) in [4.78, 5) is 18.4. The molecule has 1 aliphatic rings. The molecule has 0 atom stereocenters. The Kier molecular flexibility index (Phi) is 4.53. The third-order valence-electron chi connectivity index (χ3n) is 5.73. The quantitative estimate of drug-likeness (QED) is 0.530. The SMILES string of the molecule is CSc1ccc(-c2ccn(-c3ccc4c5c(n(C)c4c3)CNCC5)c(=O)c2)nc1. The summed E-state index contributed by atoms with van der Waals surface area (Å²) < 4.78 is 3.94. The zero-order valence-electron chi connectivity index (χ0n) is 16.5. The molecule has 4 heterocycles. The van der Waals surface area contributed by atoms with Crippen molar-refractivity contribution in [1.82, 2.24) is 19.4 Å². The molecule has 5 nitrogen and oxygen atoms in total. The summed E-state index contributed by atoms with van der Waals surface area (Å²) in [5.74, 6) is 0. The maximum atomic E-state index is 12.9. The minimum atomic E-state index is -0.0572. The standard InChI is InChI=1S/C23H22N4OS/c1-26-21-12-16(3-5-18(21)19-7-9-24-14-22(19)26)27-10-8-15(11-23(27)28)20-6-4-17(29-2)13-25-20/h3-6,8,10-13,24H,7,9,14H2,1-2H3. The van der Waals surface area contributed by atoms with E-state index in [-0.39, 0.29) is 5.56 Å². The van der Waals surface area contributed by atoms with Crippen LogP contribution in [0.15, 0.2) is 64.5 Å². The lowest BCUT2D eigenvalue weighted by Gasteiger charge is -2.14. The van der Waals surface area contributed by atoms with Gasteiger partial charge in [-0.2, -0.15) is 0 Å². The molecule has 6 heteroatoms. The van der Waals surface area contributed by atoms with Crippen molar-refractivity contribution >= 4 is 22.7 Å². The van der Waals surface area contributed by atoms with Gasteiger partial charge in [0.15, 0.2) is 0 Å². The molecule has 0 unspecified atom stereocenters. The van der Waals surface area contributed by atoms with Crippen molar-refractivity contribution in [3.8, 4) is 16.9 Å². The predicted octanol–water partition coefficient (Wildman–Crippen LogP) is 3.76. The topological polar surface area (TPSA) is 51.9 Å². The van der Waals surface area contributed by atoms with Crippen LogP contribution in [0.1, 0.15) is 11.3 Å². The molecule has 0 amide bonds. The fourth-order valence-corrected chi connectivity index (χ4v) is 4.52. The molecule has 0 radical (unpaired) electrons. The highest BCUT2D eigenvalue weighted by Gasteiger charge is 2.18. The summed E-state index contributed by atoms with van der Waals surface area (Å²) in [7, 11) is 2.10. The highest BCUT2D eigenvalue weighted by Crippen LogP contribution is 2.29. The first-order valence-electron chi connectivity index (χ1n) is 9.70. The number of aromatic nitrogens is 3. The Bertz CT molecular complexity index is 1270. The van der Waals surface area contributed by atoms with E-state index in [1.54, 1.807) is 22.4 Å². The first-order valence-corrected chi connectivity index (χ1v) is 10.9. The fourth-order valence-electron chi connectivity index (χ4n) is 4.15. The Labute approximate surface area is 173 Å². The van der Waals surface area contributed by atoms with Crippen LogP contribution in [-0.2, 0) is 20.0 Å². The van der Waals surface area contributed by atoms with Gasteiger partial charge in [0, 0.05) is 53.6 Å². The van der Waals surface area contributed by atoms with Crippen LogP contribution < -0.4 is 10.9 Å². The molecule has 4 aromatic rings. The summed E-state index contributed by atoms with van der Waals surface area (Å²) in [6.45, 7) is 1.91. The van der Waals surface area contributed by atoms with Gasteiger partial charge in [-0.15, -0.1) is 11.8 Å². The maximum Gasteiger partial charge on any atom is 0.255 e. The van der Waals surface area contributed by atoms with Gasteiger partial charge in [-0.05, 0) is 55.1 Å². The lowest BCUT2D eigenvalue weighted by molar-refractivity contribution is 0.614. The van der Waals surface area contributed by atoms with Gasteiger partial charge in [0.1, 0.15) is 0 Å². The molecule has 29 heavy (non-hydrogen) atoms. The third-order valence-corrected chi connectivity index (χ3v) is 6.44. The molecular formula is C23H22N4OS. The number of nitrogens with zero attached hydrogens (tertiary/aromatic N) is 3. The van der Waals surface area contributed by atoms with Crippen LogP contribution >= 0.6 is 11.8 Å². The van der Waals surface area contributed by atoms with Crippen LogP contribution in [0.3, 0.4) is 0 Å². The van der Waals surface area contributed by atoms with Crippen molar-refractivity contribution in [3.63, 3.8) is 0 Å². The minimum Gasteiger partial charge on any atom is -0.346 e.